The van der Waals surface area contributed by atoms with Crippen molar-refractivity contribution in [3.63, 3.8) is 0 Å². The molecule has 0 spiro atoms. The quantitative estimate of drug-likeness (QED) is 0.726. The summed E-state index contributed by atoms with van der Waals surface area (Å²) in [6.45, 7) is 0. The molecule has 0 aliphatic heterocycles. The molecule has 2 heteroatoms. The summed E-state index contributed by atoms with van der Waals surface area (Å²) in [5.41, 5.74) is 0.668. The van der Waals surface area contributed by atoms with E-state index in [1.165, 1.54) is 0 Å². The summed E-state index contributed by atoms with van der Waals surface area (Å²) >= 11 is 0. The van der Waals surface area contributed by atoms with Crippen LogP contribution in [0.25, 0.3) is 0 Å². The molecule has 1 aliphatic rings. The first-order valence-corrected chi connectivity index (χ1v) is 5.03. The largest absolute Gasteiger partial charge is 0.385 e. The van der Waals surface area contributed by atoms with Crippen molar-refractivity contribution < 1.29 is 9.90 Å². The van der Waals surface area contributed by atoms with E-state index in [-0.39, 0.29) is 0 Å². The van der Waals surface area contributed by atoms with Gasteiger partial charge < -0.3 is 5.11 Å². The normalized spacial score (nSPS) is 19.5. The molecule has 0 aromatic heterocycles. The molecular weight excluding hydrogens is 176 g/mol. The molecule has 0 bridgehead atoms. The zero-order valence-corrected chi connectivity index (χ0v) is 8.07. The van der Waals surface area contributed by atoms with E-state index in [0.717, 1.165) is 37.5 Å². The number of rotatable bonds is 2. The Balaban J connectivity index is 2.43. The fraction of sp³-hybridized carbons (Fsp3) is 0.417. The van der Waals surface area contributed by atoms with E-state index in [9.17, 15) is 9.90 Å². The second-order valence-electron chi connectivity index (χ2n) is 3.94. The maximum Gasteiger partial charge on any atom is 0.150 e. The van der Waals surface area contributed by atoms with Gasteiger partial charge in [0.1, 0.15) is 6.29 Å². The molecule has 1 saturated carbocycles. The van der Waals surface area contributed by atoms with E-state index in [1.807, 2.05) is 18.2 Å². The summed E-state index contributed by atoms with van der Waals surface area (Å²) in [6, 6.07) is 7.32. The van der Waals surface area contributed by atoms with E-state index in [4.69, 9.17) is 0 Å². The second-order valence-corrected chi connectivity index (χ2v) is 3.94. The lowest BCUT2D eigenvalue weighted by Gasteiger charge is -2.23. The lowest BCUT2D eigenvalue weighted by molar-refractivity contribution is 0.0436. The van der Waals surface area contributed by atoms with Gasteiger partial charge in [-0.25, -0.2) is 0 Å². The number of hydrogen-bond acceptors (Lipinski definition) is 2. The highest BCUT2D eigenvalue weighted by molar-refractivity contribution is 5.77. The lowest BCUT2D eigenvalue weighted by Crippen LogP contribution is -2.22. The van der Waals surface area contributed by atoms with Crippen LogP contribution >= 0.6 is 0 Å². The van der Waals surface area contributed by atoms with E-state index in [2.05, 4.69) is 0 Å². The Hall–Kier alpha value is -1.15. The van der Waals surface area contributed by atoms with Crippen LogP contribution in [0.4, 0.5) is 0 Å². The molecule has 14 heavy (non-hydrogen) atoms. The Labute approximate surface area is 83.6 Å². The molecule has 74 valence electrons. The first kappa shape index (κ1) is 9.41. The van der Waals surface area contributed by atoms with Crippen LogP contribution in [0.1, 0.15) is 41.6 Å². The number of aliphatic hydroxyl groups is 1. The van der Waals surface area contributed by atoms with Gasteiger partial charge in [-0.15, -0.1) is 0 Å². The monoisotopic (exact) mass is 190 g/mol. The van der Waals surface area contributed by atoms with Crippen molar-refractivity contribution in [2.24, 2.45) is 0 Å². The zero-order chi connectivity index (χ0) is 10.0. The summed E-state index contributed by atoms with van der Waals surface area (Å²) in [7, 11) is 0. The summed E-state index contributed by atoms with van der Waals surface area (Å²) in [5.74, 6) is 0. The third-order valence-corrected chi connectivity index (χ3v) is 3.02. The van der Waals surface area contributed by atoms with E-state index in [0.29, 0.717) is 5.56 Å². The number of hydrogen-bond donors (Lipinski definition) is 1. The van der Waals surface area contributed by atoms with Crippen molar-refractivity contribution >= 4 is 6.29 Å². The highest BCUT2D eigenvalue weighted by Gasteiger charge is 2.34. The Morgan fingerprint density at radius 2 is 1.86 bits per heavy atom. The fourth-order valence-electron chi connectivity index (χ4n) is 2.25. The molecule has 1 aromatic rings. The third kappa shape index (κ3) is 1.46. The molecular formula is C12H14O2. The predicted molar refractivity (Wildman–Crippen MR) is 54.2 cm³/mol. The molecule has 0 radical (unpaired) electrons. The van der Waals surface area contributed by atoms with Crippen molar-refractivity contribution in [2.45, 2.75) is 31.3 Å². The Morgan fingerprint density at radius 3 is 2.50 bits per heavy atom. The topological polar surface area (TPSA) is 37.3 Å². The minimum atomic E-state index is -0.752. The lowest BCUT2D eigenvalue weighted by atomic mass is 9.89. The number of carbonyl (C=O) groups excluding carboxylic acids is 1. The highest BCUT2D eigenvalue weighted by Crippen LogP contribution is 2.39. The van der Waals surface area contributed by atoms with Gasteiger partial charge in [0.15, 0.2) is 0 Å². The molecule has 1 N–H and O–H groups in total. The molecule has 1 aromatic carbocycles. The van der Waals surface area contributed by atoms with Crippen LogP contribution in [0.5, 0.6) is 0 Å². The molecule has 1 aliphatic carbocycles. The summed E-state index contributed by atoms with van der Waals surface area (Å²) in [5, 5.41) is 10.3. The van der Waals surface area contributed by atoms with Crippen molar-refractivity contribution in [1.29, 1.82) is 0 Å². The van der Waals surface area contributed by atoms with Crippen LogP contribution in [0, 0.1) is 0 Å². The average molecular weight is 190 g/mol. The van der Waals surface area contributed by atoms with Crippen molar-refractivity contribution in [2.75, 3.05) is 0 Å². The van der Waals surface area contributed by atoms with Gasteiger partial charge in [0.25, 0.3) is 0 Å². The molecule has 0 saturated heterocycles. The van der Waals surface area contributed by atoms with Crippen LogP contribution in [0.15, 0.2) is 24.3 Å². The van der Waals surface area contributed by atoms with Gasteiger partial charge >= 0.3 is 0 Å². The highest BCUT2D eigenvalue weighted by atomic mass is 16.3. The molecule has 0 heterocycles. The van der Waals surface area contributed by atoms with Crippen LogP contribution in [0.3, 0.4) is 0 Å². The zero-order valence-electron chi connectivity index (χ0n) is 8.07. The van der Waals surface area contributed by atoms with Gasteiger partial charge in [-0.1, -0.05) is 37.1 Å². The van der Waals surface area contributed by atoms with Crippen LogP contribution in [-0.2, 0) is 5.60 Å². The minimum Gasteiger partial charge on any atom is -0.385 e. The first-order chi connectivity index (χ1) is 6.76. The van der Waals surface area contributed by atoms with E-state index in [1.54, 1.807) is 6.07 Å². The van der Waals surface area contributed by atoms with Gasteiger partial charge in [0.2, 0.25) is 0 Å². The number of carbonyl (C=O) groups is 1. The van der Waals surface area contributed by atoms with Gasteiger partial charge in [0, 0.05) is 5.56 Å². The van der Waals surface area contributed by atoms with Crippen molar-refractivity contribution in [1.82, 2.24) is 0 Å². The predicted octanol–water partition coefficient (Wildman–Crippen LogP) is 2.26. The number of aldehydes is 1. The van der Waals surface area contributed by atoms with Crippen LogP contribution in [-0.4, -0.2) is 11.4 Å². The van der Waals surface area contributed by atoms with Crippen molar-refractivity contribution in [3.05, 3.63) is 35.4 Å². The summed E-state index contributed by atoms with van der Waals surface area (Å²) in [4.78, 5) is 10.8. The minimum absolute atomic E-state index is 0.622. The van der Waals surface area contributed by atoms with Crippen molar-refractivity contribution in [3.8, 4) is 0 Å². The summed E-state index contributed by atoms with van der Waals surface area (Å²) in [6.07, 6.45) is 4.47. The molecule has 0 unspecified atom stereocenters. The summed E-state index contributed by atoms with van der Waals surface area (Å²) < 4.78 is 0. The Bertz CT molecular complexity index is 338. The van der Waals surface area contributed by atoms with Gasteiger partial charge in [-0.3, -0.25) is 4.79 Å². The molecule has 2 nitrogen and oxygen atoms in total. The third-order valence-electron chi connectivity index (χ3n) is 3.02. The Morgan fingerprint density at radius 1 is 1.21 bits per heavy atom. The maximum absolute atomic E-state index is 10.8. The smallest absolute Gasteiger partial charge is 0.150 e. The molecule has 2 rings (SSSR count). The molecule has 0 atom stereocenters. The van der Waals surface area contributed by atoms with Gasteiger partial charge in [-0.05, 0) is 18.4 Å². The molecule has 0 amide bonds. The standard InChI is InChI=1S/C12H14O2/c13-9-10-5-1-2-6-11(10)12(14)7-3-4-8-12/h1-2,5-6,9,14H,3-4,7-8H2. The number of benzene rings is 1. The van der Waals surface area contributed by atoms with E-state index < -0.39 is 5.60 Å². The Kier molecular flexibility index (Phi) is 2.38. The molecule has 1 fully saturated rings. The fourth-order valence-corrected chi connectivity index (χ4v) is 2.25. The average Bonchev–Trinajstić information content (AvgIpc) is 2.66. The van der Waals surface area contributed by atoms with Gasteiger partial charge in [-0.2, -0.15) is 0 Å². The van der Waals surface area contributed by atoms with Crippen LogP contribution < -0.4 is 0 Å². The van der Waals surface area contributed by atoms with E-state index >= 15 is 0 Å². The maximum atomic E-state index is 10.8. The SMILES string of the molecule is O=Cc1ccccc1C1(O)CCCC1. The second kappa shape index (κ2) is 3.54. The van der Waals surface area contributed by atoms with Crippen LogP contribution in [0.2, 0.25) is 0 Å². The van der Waals surface area contributed by atoms with Gasteiger partial charge in [0.05, 0.1) is 5.60 Å². The first-order valence-electron chi connectivity index (χ1n) is 5.03.